The van der Waals surface area contributed by atoms with Crippen molar-refractivity contribution in [2.75, 3.05) is 13.7 Å². The summed E-state index contributed by atoms with van der Waals surface area (Å²) in [5.74, 6) is -5.05. The van der Waals surface area contributed by atoms with E-state index in [1.54, 1.807) is 38.1 Å². The van der Waals surface area contributed by atoms with Gasteiger partial charge in [0.1, 0.15) is 18.6 Å². The second-order valence-corrected chi connectivity index (χ2v) is 9.25. The van der Waals surface area contributed by atoms with E-state index < -0.39 is 71.8 Å². The first kappa shape index (κ1) is 28.6. The molecule has 12 nitrogen and oxygen atoms in total. The Bertz CT molecular complexity index is 1250. The maximum Gasteiger partial charge on any atom is 0.332 e. The highest BCUT2D eigenvalue weighted by Gasteiger charge is 2.42. The molecule has 0 unspecified atom stereocenters. The third-order valence-corrected chi connectivity index (χ3v) is 5.98. The summed E-state index contributed by atoms with van der Waals surface area (Å²) in [7, 11) is 1.25. The number of hydrogen-bond donors (Lipinski definition) is 2. The van der Waals surface area contributed by atoms with Gasteiger partial charge in [-0.25, -0.2) is 9.78 Å². The van der Waals surface area contributed by atoms with Gasteiger partial charge in [-0.3, -0.25) is 24.2 Å². The molecule has 2 N–H and O–H groups in total. The summed E-state index contributed by atoms with van der Waals surface area (Å²) in [5, 5.41) is 2.00. The molecule has 1 aliphatic heterocycles. The fourth-order valence-electron chi connectivity index (χ4n) is 3.68. The predicted molar refractivity (Wildman–Crippen MR) is 133 cm³/mol. The fraction of sp³-hybridized carbons (Fsp3) is 0.440. The molecule has 1 aromatic heterocycles. The van der Waals surface area contributed by atoms with Gasteiger partial charge in [-0.1, -0.05) is 55.8 Å². The first-order valence-electron chi connectivity index (χ1n) is 11.8. The molecular weight excluding hydrogens is 522 g/mol. The molecule has 0 aliphatic carbocycles. The fourth-order valence-corrected chi connectivity index (χ4v) is 3.89. The molecule has 0 bridgehead atoms. The second kappa shape index (κ2) is 12.5. The van der Waals surface area contributed by atoms with Gasteiger partial charge in [0, 0.05) is 0 Å². The van der Waals surface area contributed by atoms with Crippen LogP contribution in [0, 0.1) is 11.8 Å². The van der Waals surface area contributed by atoms with Crippen LogP contribution in [0.15, 0.2) is 35.1 Å². The Kier molecular flexibility index (Phi) is 9.45. The second-order valence-electron chi connectivity index (χ2n) is 8.89. The Morgan fingerprint density at radius 1 is 1.18 bits per heavy atom. The predicted octanol–water partition coefficient (Wildman–Crippen LogP) is 1.45. The molecule has 204 valence electrons. The SMILES string of the molecule is COc1[nH]c(=O)c(C(=O)N[C@H]2COC(=O)[C@H](Cc3ccccc3)[C@@H](OC(=O)C(C)C)[C@H](C)OC2=O)nc1Cl. The van der Waals surface area contributed by atoms with Crippen LogP contribution in [0.5, 0.6) is 5.88 Å². The van der Waals surface area contributed by atoms with Crippen molar-refractivity contribution in [3.8, 4) is 5.88 Å². The molecule has 0 radical (unpaired) electrons. The summed E-state index contributed by atoms with van der Waals surface area (Å²) in [6.45, 7) is 4.13. The van der Waals surface area contributed by atoms with Crippen molar-refractivity contribution >= 4 is 35.4 Å². The van der Waals surface area contributed by atoms with E-state index in [-0.39, 0.29) is 17.5 Å². The molecule has 38 heavy (non-hydrogen) atoms. The number of rotatable bonds is 7. The topological polar surface area (TPSA) is 163 Å². The van der Waals surface area contributed by atoms with Crippen LogP contribution in [0.2, 0.25) is 5.15 Å². The zero-order valence-corrected chi connectivity index (χ0v) is 21.9. The summed E-state index contributed by atoms with van der Waals surface area (Å²) in [5.41, 5.74) is -0.799. The summed E-state index contributed by atoms with van der Waals surface area (Å²) in [4.78, 5) is 69.6. The number of methoxy groups -OCH3 is 1. The number of carbonyl (C=O) groups excluding carboxylic acids is 4. The minimum Gasteiger partial charge on any atom is -0.480 e. The van der Waals surface area contributed by atoms with E-state index in [9.17, 15) is 24.0 Å². The third-order valence-electron chi connectivity index (χ3n) is 5.73. The van der Waals surface area contributed by atoms with E-state index in [0.717, 1.165) is 5.56 Å². The molecule has 0 spiro atoms. The van der Waals surface area contributed by atoms with Crippen LogP contribution >= 0.6 is 11.6 Å². The van der Waals surface area contributed by atoms with E-state index in [0.29, 0.717) is 0 Å². The molecular formula is C25H28ClN3O9. The van der Waals surface area contributed by atoms with Crippen molar-refractivity contribution in [1.82, 2.24) is 15.3 Å². The van der Waals surface area contributed by atoms with Crippen molar-refractivity contribution in [3.05, 3.63) is 57.1 Å². The van der Waals surface area contributed by atoms with Gasteiger partial charge in [0.2, 0.25) is 5.88 Å². The summed E-state index contributed by atoms with van der Waals surface area (Å²) < 4.78 is 21.3. The van der Waals surface area contributed by atoms with Crippen LogP contribution in [-0.4, -0.2) is 65.7 Å². The highest BCUT2D eigenvalue weighted by molar-refractivity contribution is 6.30. The molecule has 4 atom stereocenters. The van der Waals surface area contributed by atoms with Gasteiger partial charge in [-0.15, -0.1) is 0 Å². The number of ether oxygens (including phenoxy) is 4. The lowest BCUT2D eigenvalue weighted by Gasteiger charge is -2.29. The van der Waals surface area contributed by atoms with Crippen LogP contribution in [0.1, 0.15) is 36.8 Å². The normalized spacial score (nSPS) is 21.8. The number of carbonyl (C=O) groups is 4. The number of benzene rings is 1. The first-order chi connectivity index (χ1) is 18.0. The van der Waals surface area contributed by atoms with Gasteiger partial charge in [-0.2, -0.15) is 0 Å². The van der Waals surface area contributed by atoms with Crippen LogP contribution in [0.3, 0.4) is 0 Å². The van der Waals surface area contributed by atoms with Crippen molar-refractivity contribution < 1.29 is 38.1 Å². The van der Waals surface area contributed by atoms with E-state index >= 15 is 0 Å². The van der Waals surface area contributed by atoms with Crippen LogP contribution < -0.4 is 15.6 Å². The van der Waals surface area contributed by atoms with E-state index in [2.05, 4.69) is 15.3 Å². The minimum atomic E-state index is -1.49. The summed E-state index contributed by atoms with van der Waals surface area (Å²) in [6, 6.07) is 7.50. The number of halogens is 1. The molecule has 1 amide bonds. The Labute approximate surface area is 223 Å². The molecule has 1 fully saturated rings. The first-order valence-corrected chi connectivity index (χ1v) is 12.2. The number of H-pyrrole nitrogens is 1. The van der Waals surface area contributed by atoms with Gasteiger partial charge in [0.05, 0.1) is 13.0 Å². The number of nitrogens with zero attached hydrogens (tertiary/aromatic N) is 1. The zero-order valence-electron chi connectivity index (χ0n) is 21.2. The molecule has 1 saturated heterocycles. The van der Waals surface area contributed by atoms with Gasteiger partial charge in [0.15, 0.2) is 23.0 Å². The summed E-state index contributed by atoms with van der Waals surface area (Å²) >= 11 is 5.90. The Morgan fingerprint density at radius 2 is 1.87 bits per heavy atom. The quantitative estimate of drug-likeness (QED) is 0.381. The number of cyclic esters (lactones) is 2. The average Bonchev–Trinajstić information content (AvgIpc) is 2.92. The van der Waals surface area contributed by atoms with E-state index in [1.165, 1.54) is 14.0 Å². The maximum atomic E-state index is 13.2. The average molecular weight is 550 g/mol. The van der Waals surface area contributed by atoms with Crippen molar-refractivity contribution in [2.45, 2.75) is 45.4 Å². The largest absolute Gasteiger partial charge is 0.480 e. The summed E-state index contributed by atoms with van der Waals surface area (Å²) in [6.07, 6.45) is -2.11. The highest BCUT2D eigenvalue weighted by Crippen LogP contribution is 2.25. The smallest absolute Gasteiger partial charge is 0.332 e. The number of aromatic amines is 1. The van der Waals surface area contributed by atoms with Crippen molar-refractivity contribution in [1.29, 1.82) is 0 Å². The molecule has 1 aliphatic rings. The Hall–Kier alpha value is -3.93. The Morgan fingerprint density at radius 3 is 2.50 bits per heavy atom. The van der Waals surface area contributed by atoms with Crippen molar-refractivity contribution in [3.63, 3.8) is 0 Å². The monoisotopic (exact) mass is 549 g/mol. The maximum absolute atomic E-state index is 13.2. The van der Waals surface area contributed by atoms with E-state index in [4.69, 9.17) is 30.5 Å². The molecule has 2 aromatic rings. The highest BCUT2D eigenvalue weighted by atomic mass is 35.5. The minimum absolute atomic E-state index is 0.137. The van der Waals surface area contributed by atoms with Gasteiger partial charge in [0.25, 0.3) is 11.5 Å². The van der Waals surface area contributed by atoms with E-state index in [1.807, 2.05) is 6.07 Å². The standard InChI is InChI=1S/C25H28ClN3O9/c1-12(2)23(32)38-18-13(3)37-25(34)16(11-36-24(33)15(18)10-14-8-6-5-7-9-14)27-20(30)17-21(31)29-22(35-4)19(26)28-17/h5-9,12-13,15-16,18H,10-11H2,1-4H3,(H,27,30)(H,29,31)/t13-,15+,16-,18-/m0/s1. The van der Waals surface area contributed by atoms with Gasteiger partial charge in [-0.05, 0) is 18.9 Å². The van der Waals surface area contributed by atoms with Gasteiger partial charge < -0.3 is 24.3 Å². The molecule has 1 aromatic carbocycles. The van der Waals surface area contributed by atoms with Crippen LogP contribution in [-0.2, 0) is 35.0 Å². The lowest BCUT2D eigenvalue weighted by atomic mass is 9.91. The third kappa shape index (κ3) is 6.88. The molecule has 0 saturated carbocycles. The number of nitrogens with one attached hydrogen (secondary N) is 2. The van der Waals surface area contributed by atoms with Crippen LogP contribution in [0.4, 0.5) is 0 Å². The molecule has 13 heteroatoms. The van der Waals surface area contributed by atoms with Crippen LogP contribution in [0.25, 0.3) is 0 Å². The number of aromatic nitrogens is 2. The van der Waals surface area contributed by atoms with Crippen molar-refractivity contribution in [2.24, 2.45) is 11.8 Å². The lowest BCUT2D eigenvalue weighted by Crippen LogP contribution is -2.48. The number of amides is 1. The van der Waals surface area contributed by atoms with Gasteiger partial charge >= 0.3 is 17.9 Å². The lowest BCUT2D eigenvalue weighted by molar-refractivity contribution is -0.176. The number of hydrogen-bond acceptors (Lipinski definition) is 10. The Balaban J connectivity index is 1.88. The zero-order chi connectivity index (χ0) is 28.0. The molecule has 3 rings (SSSR count). The molecule has 2 heterocycles. The number of esters is 3.